The summed E-state index contributed by atoms with van der Waals surface area (Å²) >= 11 is 4.81. The summed E-state index contributed by atoms with van der Waals surface area (Å²) in [6.07, 6.45) is 0. The summed E-state index contributed by atoms with van der Waals surface area (Å²) in [5.41, 5.74) is -0.674. The Balaban J connectivity index is 3.15. The van der Waals surface area contributed by atoms with E-state index in [0.717, 1.165) is 0 Å². The van der Waals surface area contributed by atoms with Crippen molar-refractivity contribution in [1.29, 1.82) is 0 Å². The Bertz CT molecular complexity index is 258. The van der Waals surface area contributed by atoms with Crippen LogP contribution in [0.2, 0.25) is 0 Å². The molecule has 0 aliphatic carbocycles. The highest BCUT2D eigenvalue weighted by Gasteiger charge is 2.47. The molecule has 68 valence electrons. The minimum Gasteiger partial charge on any atom is -0.359 e. The van der Waals surface area contributed by atoms with Crippen molar-refractivity contribution in [1.82, 2.24) is 5.32 Å². The third-order valence-corrected chi connectivity index (χ3v) is 2.26. The SMILES string of the molecule is CC1=NC(=S)NC(C)(C)C1(O)O. The van der Waals surface area contributed by atoms with Crippen LogP contribution in [0.3, 0.4) is 0 Å². The fourth-order valence-electron chi connectivity index (χ4n) is 1.06. The monoisotopic (exact) mass is 188 g/mol. The van der Waals surface area contributed by atoms with Gasteiger partial charge in [-0.1, -0.05) is 0 Å². The van der Waals surface area contributed by atoms with E-state index in [1.165, 1.54) is 6.92 Å². The van der Waals surface area contributed by atoms with Crippen LogP contribution in [0.4, 0.5) is 0 Å². The van der Waals surface area contributed by atoms with Crippen LogP contribution in [-0.2, 0) is 0 Å². The van der Waals surface area contributed by atoms with Gasteiger partial charge in [-0.2, -0.15) is 0 Å². The largest absolute Gasteiger partial charge is 0.359 e. The van der Waals surface area contributed by atoms with Crippen LogP contribution in [0, 0.1) is 0 Å². The number of hydrogen-bond acceptors (Lipinski definition) is 3. The molecule has 12 heavy (non-hydrogen) atoms. The lowest BCUT2D eigenvalue weighted by molar-refractivity contribution is -0.150. The number of nitrogens with one attached hydrogen (secondary N) is 1. The van der Waals surface area contributed by atoms with E-state index >= 15 is 0 Å². The van der Waals surface area contributed by atoms with E-state index in [1.807, 2.05) is 0 Å². The van der Waals surface area contributed by atoms with Crippen molar-refractivity contribution in [3.63, 3.8) is 0 Å². The smallest absolute Gasteiger partial charge is 0.226 e. The first-order chi connectivity index (χ1) is 5.27. The molecule has 4 nitrogen and oxygen atoms in total. The Hall–Kier alpha value is -0.520. The Morgan fingerprint density at radius 1 is 1.42 bits per heavy atom. The fourth-order valence-corrected chi connectivity index (χ4v) is 1.46. The second-order valence-corrected chi connectivity index (χ2v) is 3.81. The summed E-state index contributed by atoms with van der Waals surface area (Å²) < 4.78 is 0. The molecule has 0 radical (unpaired) electrons. The van der Waals surface area contributed by atoms with Crippen molar-refractivity contribution in [2.24, 2.45) is 4.99 Å². The van der Waals surface area contributed by atoms with Crippen molar-refractivity contribution in [2.45, 2.75) is 32.1 Å². The van der Waals surface area contributed by atoms with Crippen molar-refractivity contribution in [3.8, 4) is 0 Å². The molecule has 5 heteroatoms. The highest BCUT2D eigenvalue weighted by atomic mass is 32.1. The van der Waals surface area contributed by atoms with Gasteiger partial charge in [-0.15, -0.1) is 0 Å². The van der Waals surface area contributed by atoms with Crippen LogP contribution in [0.5, 0.6) is 0 Å². The van der Waals surface area contributed by atoms with E-state index in [9.17, 15) is 10.2 Å². The zero-order chi connectivity index (χ0) is 9.57. The highest BCUT2D eigenvalue weighted by molar-refractivity contribution is 7.80. The number of nitrogens with zero attached hydrogens (tertiary/aromatic N) is 1. The van der Waals surface area contributed by atoms with Crippen LogP contribution in [0.1, 0.15) is 20.8 Å². The van der Waals surface area contributed by atoms with Crippen LogP contribution in [0.15, 0.2) is 4.99 Å². The van der Waals surface area contributed by atoms with Gasteiger partial charge in [-0.3, -0.25) is 0 Å². The normalized spacial score (nSPS) is 26.1. The topological polar surface area (TPSA) is 64.9 Å². The molecule has 0 atom stereocenters. The van der Waals surface area contributed by atoms with Gasteiger partial charge in [0.15, 0.2) is 5.11 Å². The van der Waals surface area contributed by atoms with Crippen LogP contribution >= 0.6 is 12.2 Å². The van der Waals surface area contributed by atoms with E-state index in [1.54, 1.807) is 13.8 Å². The lowest BCUT2D eigenvalue weighted by Gasteiger charge is -2.41. The summed E-state index contributed by atoms with van der Waals surface area (Å²) in [6, 6.07) is 0. The molecule has 1 heterocycles. The van der Waals surface area contributed by atoms with E-state index in [4.69, 9.17) is 12.2 Å². The first-order valence-corrected chi connectivity index (χ1v) is 4.01. The molecule has 1 rings (SSSR count). The summed E-state index contributed by atoms with van der Waals surface area (Å²) in [7, 11) is 0. The van der Waals surface area contributed by atoms with Gasteiger partial charge in [-0.05, 0) is 33.0 Å². The van der Waals surface area contributed by atoms with Crippen molar-refractivity contribution >= 4 is 23.0 Å². The van der Waals surface area contributed by atoms with Gasteiger partial charge in [0, 0.05) is 0 Å². The minimum absolute atomic E-state index is 0.219. The molecule has 0 aromatic carbocycles. The maximum Gasteiger partial charge on any atom is 0.226 e. The molecule has 0 aromatic rings. The maximum absolute atomic E-state index is 9.59. The average molecular weight is 188 g/mol. The second kappa shape index (κ2) is 2.48. The summed E-state index contributed by atoms with van der Waals surface area (Å²) in [4.78, 5) is 3.77. The highest BCUT2D eigenvalue weighted by Crippen LogP contribution is 2.24. The van der Waals surface area contributed by atoms with Crippen molar-refractivity contribution in [3.05, 3.63) is 0 Å². The van der Waals surface area contributed by atoms with Gasteiger partial charge in [0.25, 0.3) is 0 Å². The fraction of sp³-hybridized carbons (Fsp3) is 0.714. The van der Waals surface area contributed by atoms with Gasteiger partial charge < -0.3 is 15.5 Å². The molecule has 0 saturated carbocycles. The van der Waals surface area contributed by atoms with Gasteiger partial charge in [-0.25, -0.2) is 4.99 Å². The van der Waals surface area contributed by atoms with E-state index in [-0.39, 0.29) is 10.8 Å². The molecule has 0 unspecified atom stereocenters. The third kappa shape index (κ3) is 1.24. The van der Waals surface area contributed by atoms with Crippen molar-refractivity contribution < 1.29 is 10.2 Å². The molecule has 0 saturated heterocycles. The minimum atomic E-state index is -1.94. The lowest BCUT2D eigenvalue weighted by Crippen LogP contribution is -2.66. The molecule has 0 spiro atoms. The van der Waals surface area contributed by atoms with E-state index in [0.29, 0.717) is 0 Å². The maximum atomic E-state index is 9.59. The second-order valence-electron chi connectivity index (χ2n) is 3.42. The number of rotatable bonds is 0. The van der Waals surface area contributed by atoms with Crippen LogP contribution in [-0.4, -0.2) is 32.4 Å². The first kappa shape index (κ1) is 9.57. The Morgan fingerprint density at radius 3 is 2.33 bits per heavy atom. The van der Waals surface area contributed by atoms with Gasteiger partial charge in [0.05, 0.1) is 11.3 Å². The molecular weight excluding hydrogens is 176 g/mol. The van der Waals surface area contributed by atoms with Crippen molar-refractivity contribution in [2.75, 3.05) is 0 Å². The molecular formula is C7H12N2O2S. The van der Waals surface area contributed by atoms with Crippen LogP contribution < -0.4 is 5.32 Å². The Kier molecular flexibility index (Phi) is 1.98. The van der Waals surface area contributed by atoms with Crippen LogP contribution in [0.25, 0.3) is 0 Å². The van der Waals surface area contributed by atoms with Gasteiger partial charge >= 0.3 is 0 Å². The number of aliphatic imine (C=N–C) groups is 1. The zero-order valence-electron chi connectivity index (χ0n) is 7.25. The Morgan fingerprint density at radius 2 is 1.92 bits per heavy atom. The molecule has 0 fully saturated rings. The van der Waals surface area contributed by atoms with Gasteiger partial charge in [0.2, 0.25) is 5.79 Å². The predicted molar refractivity (Wildman–Crippen MR) is 50.1 cm³/mol. The lowest BCUT2D eigenvalue weighted by atomic mass is 9.89. The number of thiocarbonyl (C=S) groups is 1. The summed E-state index contributed by atoms with van der Waals surface area (Å²) in [5, 5.41) is 22.2. The zero-order valence-corrected chi connectivity index (χ0v) is 8.07. The molecule has 1 aliphatic rings. The summed E-state index contributed by atoms with van der Waals surface area (Å²) in [6.45, 7) is 4.84. The number of hydrogen-bond donors (Lipinski definition) is 3. The summed E-state index contributed by atoms with van der Waals surface area (Å²) in [5.74, 6) is -1.94. The Labute approximate surface area is 76.3 Å². The molecule has 0 bridgehead atoms. The van der Waals surface area contributed by atoms with E-state index < -0.39 is 11.3 Å². The molecule has 0 amide bonds. The van der Waals surface area contributed by atoms with Gasteiger partial charge in [0.1, 0.15) is 0 Å². The third-order valence-electron chi connectivity index (χ3n) is 2.06. The predicted octanol–water partition coefficient (Wildman–Crippen LogP) is -0.205. The standard InChI is InChI=1S/C7H12N2O2S/c1-4-7(10,11)6(2,3)9-5(12)8-4/h10-11H,1-3H3,(H,9,12). The molecule has 3 N–H and O–H groups in total. The molecule has 0 aromatic heterocycles. The number of aliphatic hydroxyl groups is 2. The van der Waals surface area contributed by atoms with E-state index in [2.05, 4.69) is 10.3 Å². The quantitative estimate of drug-likeness (QED) is 0.364. The molecule has 1 aliphatic heterocycles. The average Bonchev–Trinajstić information content (AvgIpc) is 1.82. The first-order valence-electron chi connectivity index (χ1n) is 3.60.